The summed E-state index contributed by atoms with van der Waals surface area (Å²) in [4.78, 5) is 2.30. The van der Waals surface area contributed by atoms with Crippen LogP contribution in [-0.2, 0) is 14.8 Å². The van der Waals surface area contributed by atoms with Crippen LogP contribution >= 0.6 is 0 Å². The molecule has 168 valence electrons. The van der Waals surface area contributed by atoms with Crippen molar-refractivity contribution in [2.75, 3.05) is 47.0 Å². The minimum Gasteiger partial charge on any atom is -0.487 e. The summed E-state index contributed by atoms with van der Waals surface area (Å²) in [5, 5.41) is 9.69. The van der Waals surface area contributed by atoms with Crippen molar-refractivity contribution in [3.8, 4) is 17.6 Å². The molecule has 0 fully saturated rings. The zero-order valence-corrected chi connectivity index (χ0v) is 19.4. The van der Waals surface area contributed by atoms with Crippen LogP contribution in [0.2, 0.25) is 0 Å². The van der Waals surface area contributed by atoms with E-state index in [4.69, 9.17) is 9.47 Å². The highest BCUT2D eigenvalue weighted by molar-refractivity contribution is 7.89. The first-order chi connectivity index (χ1) is 14.2. The molecule has 8 heteroatoms. The minimum absolute atomic E-state index is 0.0653. The van der Waals surface area contributed by atoms with Crippen LogP contribution in [0, 0.1) is 17.8 Å². The van der Waals surface area contributed by atoms with Gasteiger partial charge < -0.3 is 19.5 Å². The molecule has 0 amide bonds. The summed E-state index contributed by atoms with van der Waals surface area (Å²) in [7, 11) is -0.221. The molecule has 3 atom stereocenters. The molecule has 1 aromatic rings. The molecule has 0 bridgehead atoms. The molecular formula is C22H34N2O5S. The summed E-state index contributed by atoms with van der Waals surface area (Å²) >= 11 is 0. The van der Waals surface area contributed by atoms with Crippen LogP contribution in [0.4, 0.5) is 0 Å². The number of likely N-dealkylation sites (N-methyl/N-ethyl adjacent to an activating group) is 1. The zero-order valence-electron chi connectivity index (χ0n) is 18.6. The molecule has 0 unspecified atom stereocenters. The molecular weight excluding hydrogens is 404 g/mol. The van der Waals surface area contributed by atoms with Crippen molar-refractivity contribution < 1.29 is 23.0 Å². The second kappa shape index (κ2) is 11.1. The minimum atomic E-state index is -3.83. The topological polar surface area (TPSA) is 79.3 Å². The molecule has 0 aliphatic carbocycles. The van der Waals surface area contributed by atoms with E-state index < -0.39 is 16.1 Å². The van der Waals surface area contributed by atoms with Crippen molar-refractivity contribution in [3.05, 3.63) is 23.8 Å². The second-order valence-electron chi connectivity index (χ2n) is 7.90. The maximum absolute atomic E-state index is 13.4. The lowest BCUT2D eigenvalue weighted by Crippen LogP contribution is -2.49. The number of sulfonamides is 1. The Morgan fingerprint density at radius 3 is 2.80 bits per heavy atom. The van der Waals surface area contributed by atoms with Crippen molar-refractivity contribution in [1.82, 2.24) is 9.21 Å². The smallest absolute Gasteiger partial charge is 0.247 e. The molecule has 0 saturated carbocycles. The summed E-state index contributed by atoms with van der Waals surface area (Å²) in [6, 6.07) is 4.37. The van der Waals surface area contributed by atoms with Gasteiger partial charge in [0.1, 0.15) is 23.4 Å². The first-order valence-electron chi connectivity index (χ1n) is 10.3. The third-order valence-corrected chi connectivity index (χ3v) is 7.23. The molecule has 1 aliphatic heterocycles. The van der Waals surface area contributed by atoms with E-state index in [0.29, 0.717) is 24.5 Å². The number of aliphatic hydroxyl groups excluding tert-OH is 1. The molecule has 0 saturated heterocycles. The molecule has 7 nitrogen and oxygen atoms in total. The van der Waals surface area contributed by atoms with Crippen LogP contribution in [0.3, 0.4) is 0 Å². The van der Waals surface area contributed by atoms with E-state index in [9.17, 15) is 13.5 Å². The Kier molecular flexibility index (Phi) is 9.13. The van der Waals surface area contributed by atoms with E-state index in [-0.39, 0.29) is 30.1 Å². The van der Waals surface area contributed by atoms with Crippen LogP contribution in [0.5, 0.6) is 5.75 Å². The van der Waals surface area contributed by atoms with Crippen molar-refractivity contribution >= 4 is 10.0 Å². The number of benzene rings is 1. The number of ether oxygens (including phenoxy) is 2. The number of aliphatic hydroxyl groups is 1. The fourth-order valence-electron chi connectivity index (χ4n) is 3.51. The third kappa shape index (κ3) is 5.96. The number of nitrogens with zero attached hydrogens (tertiary/aromatic N) is 2. The first-order valence-corrected chi connectivity index (χ1v) is 11.8. The molecule has 1 aromatic carbocycles. The van der Waals surface area contributed by atoms with Gasteiger partial charge in [-0.15, -0.1) is 0 Å². The van der Waals surface area contributed by atoms with Crippen molar-refractivity contribution in [2.24, 2.45) is 5.92 Å². The monoisotopic (exact) mass is 438 g/mol. The Labute approximate surface area is 181 Å². The SMILES string of the molecule is CCCN(C)C[C@H]1Oc2cc(C#CCOC)ccc2S(=O)(=O)N([C@H](C)CO)C[C@H]1C. The van der Waals surface area contributed by atoms with E-state index in [2.05, 4.69) is 23.7 Å². The Morgan fingerprint density at radius 2 is 2.17 bits per heavy atom. The highest BCUT2D eigenvalue weighted by atomic mass is 32.2. The van der Waals surface area contributed by atoms with Gasteiger partial charge in [0.15, 0.2) is 0 Å². The van der Waals surface area contributed by atoms with E-state index in [1.807, 2.05) is 14.0 Å². The molecule has 2 rings (SSSR count). The highest BCUT2D eigenvalue weighted by Crippen LogP contribution is 2.34. The Hall–Kier alpha value is -1.63. The Bertz CT molecular complexity index is 862. The predicted molar refractivity (Wildman–Crippen MR) is 117 cm³/mol. The highest BCUT2D eigenvalue weighted by Gasteiger charge is 2.38. The first kappa shape index (κ1) is 24.6. The Morgan fingerprint density at radius 1 is 1.43 bits per heavy atom. The van der Waals surface area contributed by atoms with Crippen LogP contribution in [0.1, 0.15) is 32.8 Å². The second-order valence-corrected chi connectivity index (χ2v) is 9.76. The van der Waals surface area contributed by atoms with E-state index >= 15 is 0 Å². The lowest BCUT2D eigenvalue weighted by atomic mass is 10.0. The van der Waals surface area contributed by atoms with Gasteiger partial charge in [0.2, 0.25) is 10.0 Å². The van der Waals surface area contributed by atoms with Crippen molar-refractivity contribution in [1.29, 1.82) is 0 Å². The number of fused-ring (bicyclic) bond motifs is 1. The molecule has 0 spiro atoms. The van der Waals surface area contributed by atoms with Crippen molar-refractivity contribution in [2.45, 2.75) is 44.2 Å². The number of hydrogen-bond donors (Lipinski definition) is 1. The van der Waals surface area contributed by atoms with Crippen LogP contribution < -0.4 is 4.74 Å². The van der Waals surface area contributed by atoms with Gasteiger partial charge in [-0.1, -0.05) is 25.7 Å². The fraction of sp³-hybridized carbons (Fsp3) is 0.636. The third-order valence-electron chi connectivity index (χ3n) is 5.21. The van der Waals surface area contributed by atoms with Crippen LogP contribution in [-0.4, -0.2) is 81.9 Å². The zero-order chi connectivity index (χ0) is 22.3. The fourth-order valence-corrected chi connectivity index (χ4v) is 5.34. The summed E-state index contributed by atoms with van der Waals surface area (Å²) in [5.74, 6) is 6.10. The van der Waals surface area contributed by atoms with Gasteiger partial charge in [0.25, 0.3) is 0 Å². The molecule has 1 N–H and O–H groups in total. The van der Waals surface area contributed by atoms with Gasteiger partial charge in [-0.05, 0) is 45.1 Å². The molecule has 0 aromatic heterocycles. The van der Waals surface area contributed by atoms with E-state index in [1.54, 1.807) is 32.2 Å². The summed E-state index contributed by atoms with van der Waals surface area (Å²) in [5.41, 5.74) is 0.664. The quantitative estimate of drug-likeness (QED) is 0.654. The number of hydrogen-bond acceptors (Lipinski definition) is 6. The maximum atomic E-state index is 13.4. The normalized spacial score (nSPS) is 22.2. The number of rotatable bonds is 7. The van der Waals surface area contributed by atoms with Gasteiger partial charge in [0, 0.05) is 37.7 Å². The van der Waals surface area contributed by atoms with E-state index in [0.717, 1.165) is 13.0 Å². The summed E-state index contributed by atoms with van der Waals surface area (Å²) < 4.78 is 39.4. The van der Waals surface area contributed by atoms with Gasteiger partial charge in [-0.25, -0.2) is 8.42 Å². The average Bonchev–Trinajstić information content (AvgIpc) is 2.70. The largest absolute Gasteiger partial charge is 0.487 e. The molecule has 1 aliphatic rings. The molecule has 0 radical (unpaired) electrons. The molecule has 1 heterocycles. The number of methoxy groups -OCH3 is 1. The van der Waals surface area contributed by atoms with Crippen LogP contribution in [0.15, 0.2) is 23.1 Å². The van der Waals surface area contributed by atoms with Gasteiger partial charge in [-0.3, -0.25) is 0 Å². The van der Waals surface area contributed by atoms with Crippen LogP contribution in [0.25, 0.3) is 0 Å². The lowest BCUT2D eigenvalue weighted by Gasteiger charge is -2.37. The summed E-state index contributed by atoms with van der Waals surface area (Å²) in [6.45, 7) is 7.76. The standard InChI is InChI=1S/C22H34N2O5S/c1-6-11-23(4)15-21-17(2)14-24(18(3)16-25)30(26,27)22-10-9-19(8-7-12-28-5)13-20(22)29-21/h9-10,13,17-18,21,25H,6,11-12,14-16H2,1-5H3/t17-,18-,21-/m1/s1. The predicted octanol–water partition coefficient (Wildman–Crippen LogP) is 1.79. The van der Waals surface area contributed by atoms with Gasteiger partial charge in [-0.2, -0.15) is 4.31 Å². The maximum Gasteiger partial charge on any atom is 0.247 e. The average molecular weight is 439 g/mol. The van der Waals surface area contributed by atoms with E-state index in [1.165, 1.54) is 4.31 Å². The van der Waals surface area contributed by atoms with Crippen molar-refractivity contribution in [3.63, 3.8) is 0 Å². The Balaban J connectivity index is 2.53. The summed E-state index contributed by atoms with van der Waals surface area (Å²) in [6.07, 6.45) is 0.821. The van der Waals surface area contributed by atoms with Gasteiger partial charge in [0.05, 0.1) is 6.61 Å². The van der Waals surface area contributed by atoms with Gasteiger partial charge >= 0.3 is 0 Å². The lowest BCUT2D eigenvalue weighted by molar-refractivity contribution is 0.0752. The molecule has 30 heavy (non-hydrogen) atoms.